The molecular weight excluding hydrogens is 464 g/mol. The zero-order chi connectivity index (χ0) is 18.3. The van der Waals surface area contributed by atoms with Crippen molar-refractivity contribution >= 4 is 57.5 Å². The van der Waals surface area contributed by atoms with Gasteiger partial charge in [0, 0.05) is 14.2 Å². The van der Waals surface area contributed by atoms with Crippen LogP contribution >= 0.6 is 34.2 Å². The highest BCUT2D eigenvalue weighted by Crippen LogP contribution is 2.36. The minimum Gasteiger partial charge on any atom is -0.465 e. The van der Waals surface area contributed by atoms with E-state index in [1.807, 2.05) is 22.6 Å². The lowest BCUT2D eigenvalue weighted by atomic mass is 10.1. The summed E-state index contributed by atoms with van der Waals surface area (Å²) >= 11 is 7.89. The van der Waals surface area contributed by atoms with Crippen molar-refractivity contribution in [1.82, 2.24) is 0 Å². The maximum Gasteiger partial charge on any atom is 0.337 e. The summed E-state index contributed by atoms with van der Waals surface area (Å²) in [5, 5.41) is 0.146. The van der Waals surface area contributed by atoms with E-state index in [-0.39, 0.29) is 33.9 Å². The van der Waals surface area contributed by atoms with Gasteiger partial charge in [-0.25, -0.2) is 9.18 Å². The fourth-order valence-corrected chi connectivity index (χ4v) is 3.68. The zero-order valence-corrected chi connectivity index (χ0v) is 15.7. The van der Waals surface area contributed by atoms with Gasteiger partial charge in [-0.05, 0) is 46.9 Å². The number of carbonyl (C=O) groups excluding carboxylic acids is 3. The molecule has 0 saturated carbocycles. The number of hydrogen-bond acceptors (Lipinski definition) is 4. The SMILES string of the molecule is COC(=O)c1cc(I)c2c(c1)N(Cc1c(F)cccc1Cl)C(=O)C2=O. The number of hydrogen-bond donors (Lipinski definition) is 0. The van der Waals surface area contributed by atoms with Crippen molar-refractivity contribution in [2.24, 2.45) is 0 Å². The molecule has 0 bridgehead atoms. The normalized spacial score (nSPS) is 13.2. The Kier molecular flexibility index (Phi) is 4.79. The van der Waals surface area contributed by atoms with Crippen LogP contribution in [-0.2, 0) is 16.1 Å². The zero-order valence-electron chi connectivity index (χ0n) is 12.8. The lowest BCUT2D eigenvalue weighted by Gasteiger charge is -2.18. The van der Waals surface area contributed by atoms with E-state index in [2.05, 4.69) is 4.74 Å². The number of ketones is 1. The number of ether oxygens (including phenoxy) is 1. The van der Waals surface area contributed by atoms with E-state index in [1.165, 1.54) is 37.4 Å². The van der Waals surface area contributed by atoms with E-state index in [1.54, 1.807) is 0 Å². The molecule has 0 radical (unpaired) electrons. The molecule has 25 heavy (non-hydrogen) atoms. The third kappa shape index (κ3) is 3.02. The summed E-state index contributed by atoms with van der Waals surface area (Å²) < 4.78 is 19.2. The molecule has 2 aromatic rings. The molecule has 0 fully saturated rings. The number of rotatable bonds is 3. The summed E-state index contributed by atoms with van der Waals surface area (Å²) in [6, 6.07) is 7.03. The molecule has 0 atom stereocenters. The smallest absolute Gasteiger partial charge is 0.337 e. The quantitative estimate of drug-likeness (QED) is 0.388. The molecule has 0 spiro atoms. The number of fused-ring (bicyclic) bond motifs is 1. The van der Waals surface area contributed by atoms with E-state index >= 15 is 0 Å². The highest BCUT2D eigenvalue weighted by molar-refractivity contribution is 14.1. The Morgan fingerprint density at radius 1 is 1.32 bits per heavy atom. The van der Waals surface area contributed by atoms with Gasteiger partial charge in [0.1, 0.15) is 5.82 Å². The van der Waals surface area contributed by atoms with Crippen molar-refractivity contribution in [3.63, 3.8) is 0 Å². The fourth-order valence-electron chi connectivity index (χ4n) is 2.60. The van der Waals surface area contributed by atoms with Crippen LogP contribution in [0.15, 0.2) is 30.3 Å². The van der Waals surface area contributed by atoms with Crippen molar-refractivity contribution in [3.05, 3.63) is 61.4 Å². The largest absolute Gasteiger partial charge is 0.465 e. The summed E-state index contributed by atoms with van der Waals surface area (Å²) in [7, 11) is 1.23. The number of Topliss-reactive ketones (excluding diaryl/α,β-unsaturated/α-hetero) is 1. The van der Waals surface area contributed by atoms with Crippen LogP contribution in [-0.4, -0.2) is 24.8 Å². The Morgan fingerprint density at radius 3 is 2.68 bits per heavy atom. The molecule has 0 unspecified atom stereocenters. The van der Waals surface area contributed by atoms with E-state index in [0.717, 1.165) is 4.90 Å². The molecule has 1 amide bonds. The lowest BCUT2D eigenvalue weighted by molar-refractivity contribution is -0.114. The number of carbonyl (C=O) groups is 3. The van der Waals surface area contributed by atoms with E-state index < -0.39 is 23.5 Å². The van der Waals surface area contributed by atoms with Crippen molar-refractivity contribution in [1.29, 1.82) is 0 Å². The predicted molar refractivity (Wildman–Crippen MR) is 97.4 cm³/mol. The summed E-state index contributed by atoms with van der Waals surface area (Å²) in [4.78, 5) is 37.6. The average molecular weight is 474 g/mol. The van der Waals surface area contributed by atoms with Crippen LogP contribution in [0.2, 0.25) is 5.02 Å². The van der Waals surface area contributed by atoms with Gasteiger partial charge in [0.2, 0.25) is 0 Å². The summed E-state index contributed by atoms with van der Waals surface area (Å²) in [5.74, 6) is -2.69. The van der Waals surface area contributed by atoms with Gasteiger partial charge in [0.15, 0.2) is 0 Å². The van der Waals surface area contributed by atoms with Crippen LogP contribution < -0.4 is 4.90 Å². The molecule has 0 aliphatic carbocycles. The lowest BCUT2D eigenvalue weighted by Crippen LogP contribution is -2.29. The number of amides is 1. The van der Waals surface area contributed by atoms with Crippen molar-refractivity contribution < 1.29 is 23.5 Å². The molecule has 1 aliphatic heterocycles. The molecular formula is C17H10ClFINO4. The van der Waals surface area contributed by atoms with Crippen molar-refractivity contribution in [3.8, 4) is 0 Å². The predicted octanol–water partition coefficient (Wildman–Crippen LogP) is 3.60. The Hall–Kier alpha value is -2.00. The molecule has 8 heteroatoms. The highest BCUT2D eigenvalue weighted by atomic mass is 127. The van der Waals surface area contributed by atoms with Crippen LogP contribution in [0.5, 0.6) is 0 Å². The average Bonchev–Trinajstić information content (AvgIpc) is 2.82. The first-order valence-electron chi connectivity index (χ1n) is 7.06. The van der Waals surface area contributed by atoms with Crippen LogP contribution in [0, 0.1) is 9.39 Å². The Morgan fingerprint density at radius 2 is 2.04 bits per heavy atom. The minimum atomic E-state index is -0.797. The van der Waals surface area contributed by atoms with Crippen molar-refractivity contribution in [2.45, 2.75) is 6.54 Å². The van der Waals surface area contributed by atoms with E-state index in [0.29, 0.717) is 3.57 Å². The molecule has 2 aromatic carbocycles. The van der Waals surface area contributed by atoms with Gasteiger partial charge in [-0.2, -0.15) is 0 Å². The number of anilines is 1. The second-order valence-electron chi connectivity index (χ2n) is 5.26. The van der Waals surface area contributed by atoms with Crippen molar-refractivity contribution in [2.75, 3.05) is 12.0 Å². The van der Waals surface area contributed by atoms with E-state index in [4.69, 9.17) is 11.6 Å². The molecule has 1 aliphatic rings. The van der Waals surface area contributed by atoms with Gasteiger partial charge in [-0.15, -0.1) is 0 Å². The Labute approximate surface area is 160 Å². The number of benzene rings is 2. The first-order valence-corrected chi connectivity index (χ1v) is 8.51. The summed E-state index contributed by atoms with van der Waals surface area (Å²) in [6.45, 7) is -0.218. The van der Waals surface area contributed by atoms with Crippen LogP contribution in [0.25, 0.3) is 0 Å². The maximum absolute atomic E-state index is 14.1. The Balaban J connectivity index is 2.12. The molecule has 0 saturated heterocycles. The van der Waals surface area contributed by atoms with E-state index in [9.17, 15) is 18.8 Å². The minimum absolute atomic E-state index is 0.0941. The van der Waals surface area contributed by atoms with Gasteiger partial charge in [-0.3, -0.25) is 9.59 Å². The van der Waals surface area contributed by atoms with Gasteiger partial charge < -0.3 is 9.64 Å². The standard InChI is InChI=1S/C17H10ClFINO4/c1-25-17(24)8-5-12(20)14-13(6-8)21(16(23)15(14)22)7-9-10(18)3-2-4-11(9)19/h2-6H,7H2,1H3. The number of nitrogens with zero attached hydrogens (tertiary/aromatic N) is 1. The summed E-state index contributed by atoms with van der Waals surface area (Å²) in [5.41, 5.74) is 0.710. The van der Waals surface area contributed by atoms with Crippen LogP contribution in [0.1, 0.15) is 26.3 Å². The second-order valence-corrected chi connectivity index (χ2v) is 6.83. The molecule has 3 rings (SSSR count). The van der Waals surface area contributed by atoms with Gasteiger partial charge in [0.05, 0.1) is 30.5 Å². The van der Waals surface area contributed by atoms with Crippen LogP contribution in [0.4, 0.5) is 10.1 Å². The molecule has 1 heterocycles. The molecule has 128 valence electrons. The number of esters is 1. The first kappa shape index (κ1) is 17.8. The molecule has 0 aromatic heterocycles. The third-order valence-corrected chi connectivity index (χ3v) is 5.03. The topological polar surface area (TPSA) is 63.7 Å². The molecule has 0 N–H and O–H groups in total. The summed E-state index contributed by atoms with van der Waals surface area (Å²) in [6.07, 6.45) is 0. The fraction of sp³-hybridized carbons (Fsp3) is 0.118. The van der Waals surface area contributed by atoms with Gasteiger partial charge in [0.25, 0.3) is 11.7 Å². The Bertz CT molecular complexity index is 911. The number of halogens is 3. The third-order valence-electron chi connectivity index (χ3n) is 3.83. The highest BCUT2D eigenvalue weighted by Gasteiger charge is 2.39. The maximum atomic E-state index is 14.1. The number of methoxy groups -OCH3 is 1. The monoisotopic (exact) mass is 473 g/mol. The van der Waals surface area contributed by atoms with Gasteiger partial charge in [-0.1, -0.05) is 17.7 Å². The van der Waals surface area contributed by atoms with Crippen LogP contribution in [0.3, 0.4) is 0 Å². The molecule has 5 nitrogen and oxygen atoms in total. The van der Waals surface area contributed by atoms with Gasteiger partial charge >= 0.3 is 5.97 Å². The second kappa shape index (κ2) is 6.72. The first-order chi connectivity index (χ1) is 11.8.